The van der Waals surface area contributed by atoms with Crippen molar-refractivity contribution in [2.75, 3.05) is 0 Å². The van der Waals surface area contributed by atoms with E-state index in [1.807, 2.05) is 6.07 Å². The highest BCUT2D eigenvalue weighted by molar-refractivity contribution is 6.33. The molecule has 2 aromatic carbocycles. The lowest BCUT2D eigenvalue weighted by molar-refractivity contribution is 0.475. The minimum Gasteiger partial charge on any atom is -0.508 e. The number of nitriles is 1. The molecule has 1 N–H and O–H groups in total. The normalized spacial score (nSPS) is 9.75. The quantitative estimate of drug-likeness (QED) is 0.812. The Balaban J connectivity index is 2.49. The molecule has 2 nitrogen and oxygen atoms in total. The molecule has 0 atom stereocenters. The van der Waals surface area contributed by atoms with Gasteiger partial charge in [-0.3, -0.25) is 0 Å². The molecule has 2 aromatic rings. The third kappa shape index (κ3) is 2.00. The van der Waals surface area contributed by atoms with Gasteiger partial charge in [0.1, 0.15) is 5.75 Å². The van der Waals surface area contributed by atoms with Crippen LogP contribution in [0.2, 0.25) is 5.02 Å². The number of phenols is 1. The average molecular weight is 230 g/mol. The maximum Gasteiger partial charge on any atom is 0.115 e. The predicted octanol–water partition coefficient (Wildman–Crippen LogP) is 3.58. The van der Waals surface area contributed by atoms with E-state index in [1.54, 1.807) is 42.5 Å². The summed E-state index contributed by atoms with van der Waals surface area (Å²) in [7, 11) is 0. The van der Waals surface area contributed by atoms with E-state index in [-0.39, 0.29) is 5.75 Å². The van der Waals surface area contributed by atoms with Crippen LogP contribution in [0.3, 0.4) is 0 Å². The topological polar surface area (TPSA) is 44.0 Å². The van der Waals surface area contributed by atoms with Gasteiger partial charge in [0, 0.05) is 10.6 Å². The summed E-state index contributed by atoms with van der Waals surface area (Å²) < 4.78 is 0. The third-order valence-electron chi connectivity index (χ3n) is 2.28. The molecule has 0 bridgehead atoms. The molecule has 0 saturated carbocycles. The molecule has 0 heterocycles. The largest absolute Gasteiger partial charge is 0.508 e. The van der Waals surface area contributed by atoms with Gasteiger partial charge in [0.05, 0.1) is 11.6 Å². The Kier molecular flexibility index (Phi) is 2.80. The number of hydrogen-bond donors (Lipinski definition) is 1. The Bertz CT molecular complexity index is 555. The molecule has 3 heteroatoms. The van der Waals surface area contributed by atoms with Crippen LogP contribution in [0.4, 0.5) is 0 Å². The number of halogens is 1. The van der Waals surface area contributed by atoms with E-state index in [0.717, 1.165) is 11.1 Å². The van der Waals surface area contributed by atoms with Crippen molar-refractivity contribution in [3.63, 3.8) is 0 Å². The average Bonchev–Trinajstić information content (AvgIpc) is 2.30. The maximum absolute atomic E-state index is 9.18. The fraction of sp³-hybridized carbons (Fsp3) is 0. The summed E-state index contributed by atoms with van der Waals surface area (Å²) in [5, 5.41) is 18.4. The zero-order valence-corrected chi connectivity index (χ0v) is 9.07. The Morgan fingerprint density at radius 1 is 1.06 bits per heavy atom. The molecule has 78 valence electrons. The fourth-order valence-electron chi connectivity index (χ4n) is 1.46. The Hall–Kier alpha value is -1.98. The SMILES string of the molecule is N#Cc1ccc(-c2ccc(O)cc2)c(Cl)c1. The van der Waals surface area contributed by atoms with Crippen LogP contribution in [0.1, 0.15) is 5.56 Å². The fourth-order valence-corrected chi connectivity index (χ4v) is 1.75. The van der Waals surface area contributed by atoms with Gasteiger partial charge in [-0.2, -0.15) is 5.26 Å². The van der Waals surface area contributed by atoms with Crippen LogP contribution in [0.5, 0.6) is 5.75 Å². The van der Waals surface area contributed by atoms with Crippen LogP contribution in [0, 0.1) is 11.3 Å². The lowest BCUT2D eigenvalue weighted by Gasteiger charge is -2.04. The van der Waals surface area contributed by atoms with Gasteiger partial charge in [0.2, 0.25) is 0 Å². The molecular formula is C13H8ClNO. The highest BCUT2D eigenvalue weighted by Gasteiger charge is 2.04. The van der Waals surface area contributed by atoms with Crippen LogP contribution in [-0.2, 0) is 0 Å². The van der Waals surface area contributed by atoms with Crippen LogP contribution in [0.15, 0.2) is 42.5 Å². The van der Waals surface area contributed by atoms with Crippen molar-refractivity contribution in [1.29, 1.82) is 5.26 Å². The van der Waals surface area contributed by atoms with Crippen molar-refractivity contribution >= 4 is 11.6 Å². The number of benzene rings is 2. The van der Waals surface area contributed by atoms with Crippen molar-refractivity contribution in [2.24, 2.45) is 0 Å². The summed E-state index contributed by atoms with van der Waals surface area (Å²) in [6, 6.07) is 13.9. The Labute approximate surface area is 98.3 Å². The second-order valence-corrected chi connectivity index (χ2v) is 3.76. The van der Waals surface area contributed by atoms with Crippen molar-refractivity contribution < 1.29 is 5.11 Å². The molecule has 0 unspecified atom stereocenters. The molecule has 16 heavy (non-hydrogen) atoms. The second-order valence-electron chi connectivity index (χ2n) is 3.35. The minimum absolute atomic E-state index is 0.216. The molecule has 0 aromatic heterocycles. The number of rotatable bonds is 1. The van der Waals surface area contributed by atoms with Crippen molar-refractivity contribution in [2.45, 2.75) is 0 Å². The van der Waals surface area contributed by atoms with Gasteiger partial charge in [-0.15, -0.1) is 0 Å². The third-order valence-corrected chi connectivity index (χ3v) is 2.59. The molecular weight excluding hydrogens is 222 g/mol. The lowest BCUT2D eigenvalue weighted by atomic mass is 10.0. The molecule has 0 spiro atoms. The summed E-state index contributed by atoms with van der Waals surface area (Å²) in [4.78, 5) is 0. The van der Waals surface area contributed by atoms with E-state index in [2.05, 4.69) is 0 Å². The summed E-state index contributed by atoms with van der Waals surface area (Å²) in [6.45, 7) is 0. The van der Waals surface area contributed by atoms with Crippen LogP contribution in [-0.4, -0.2) is 5.11 Å². The summed E-state index contributed by atoms with van der Waals surface area (Å²) in [5.74, 6) is 0.216. The highest BCUT2D eigenvalue weighted by atomic mass is 35.5. The van der Waals surface area contributed by atoms with Gasteiger partial charge >= 0.3 is 0 Å². The van der Waals surface area contributed by atoms with Crippen LogP contribution < -0.4 is 0 Å². The standard InChI is InChI=1S/C13H8ClNO/c14-13-7-9(8-15)1-6-12(13)10-2-4-11(16)5-3-10/h1-7,16H. The van der Waals surface area contributed by atoms with E-state index in [0.29, 0.717) is 10.6 Å². The number of hydrogen-bond acceptors (Lipinski definition) is 2. The lowest BCUT2D eigenvalue weighted by Crippen LogP contribution is -1.81. The summed E-state index contributed by atoms with van der Waals surface area (Å²) >= 11 is 6.07. The molecule has 2 rings (SSSR count). The van der Waals surface area contributed by atoms with Crippen molar-refractivity contribution in [3.8, 4) is 22.9 Å². The molecule has 0 amide bonds. The number of aromatic hydroxyl groups is 1. The highest BCUT2D eigenvalue weighted by Crippen LogP contribution is 2.29. The number of nitrogens with zero attached hydrogens (tertiary/aromatic N) is 1. The molecule has 0 aliphatic heterocycles. The van der Waals surface area contributed by atoms with Gasteiger partial charge in [-0.1, -0.05) is 29.8 Å². The maximum atomic E-state index is 9.18. The molecule has 0 fully saturated rings. The smallest absolute Gasteiger partial charge is 0.115 e. The first-order valence-corrected chi connectivity index (χ1v) is 5.07. The first kappa shape index (κ1) is 10.5. The summed E-state index contributed by atoms with van der Waals surface area (Å²) in [6.07, 6.45) is 0. The zero-order valence-electron chi connectivity index (χ0n) is 8.31. The summed E-state index contributed by atoms with van der Waals surface area (Å²) in [5.41, 5.74) is 2.29. The van der Waals surface area contributed by atoms with Crippen LogP contribution >= 0.6 is 11.6 Å². The van der Waals surface area contributed by atoms with Crippen molar-refractivity contribution in [3.05, 3.63) is 53.1 Å². The first-order valence-electron chi connectivity index (χ1n) is 4.70. The second kappa shape index (κ2) is 4.26. The Morgan fingerprint density at radius 3 is 2.31 bits per heavy atom. The predicted molar refractivity (Wildman–Crippen MR) is 63.3 cm³/mol. The van der Waals surface area contributed by atoms with E-state index in [4.69, 9.17) is 16.9 Å². The van der Waals surface area contributed by atoms with E-state index in [9.17, 15) is 5.11 Å². The van der Waals surface area contributed by atoms with E-state index in [1.165, 1.54) is 0 Å². The van der Waals surface area contributed by atoms with Gasteiger partial charge in [0.25, 0.3) is 0 Å². The zero-order chi connectivity index (χ0) is 11.5. The van der Waals surface area contributed by atoms with Gasteiger partial charge in [-0.25, -0.2) is 0 Å². The van der Waals surface area contributed by atoms with Gasteiger partial charge < -0.3 is 5.11 Å². The van der Waals surface area contributed by atoms with E-state index >= 15 is 0 Å². The van der Waals surface area contributed by atoms with Crippen LogP contribution in [0.25, 0.3) is 11.1 Å². The van der Waals surface area contributed by atoms with E-state index < -0.39 is 0 Å². The minimum atomic E-state index is 0.216. The molecule has 0 aliphatic rings. The molecule has 0 saturated heterocycles. The monoisotopic (exact) mass is 229 g/mol. The molecule has 0 radical (unpaired) electrons. The molecule has 0 aliphatic carbocycles. The number of phenolic OH excluding ortho intramolecular Hbond substituents is 1. The van der Waals surface area contributed by atoms with Crippen molar-refractivity contribution in [1.82, 2.24) is 0 Å². The first-order chi connectivity index (χ1) is 7.70. The van der Waals surface area contributed by atoms with Gasteiger partial charge in [-0.05, 0) is 29.8 Å². The Morgan fingerprint density at radius 2 is 1.75 bits per heavy atom. The van der Waals surface area contributed by atoms with Gasteiger partial charge in [0.15, 0.2) is 0 Å².